The van der Waals surface area contributed by atoms with Crippen LogP contribution in [0.15, 0.2) is 73.2 Å². The number of aromatic nitrogens is 4. The lowest BCUT2D eigenvalue weighted by Crippen LogP contribution is -2.34. The van der Waals surface area contributed by atoms with Gasteiger partial charge in [0.05, 0.1) is 11.4 Å². The van der Waals surface area contributed by atoms with Crippen molar-refractivity contribution in [2.45, 2.75) is 25.3 Å². The van der Waals surface area contributed by atoms with E-state index in [1.54, 1.807) is 12.4 Å². The van der Waals surface area contributed by atoms with E-state index >= 15 is 0 Å². The fourth-order valence-corrected chi connectivity index (χ4v) is 4.17. The van der Waals surface area contributed by atoms with Crippen molar-refractivity contribution in [1.29, 1.82) is 0 Å². The molecule has 0 radical (unpaired) electrons. The molecule has 1 fully saturated rings. The molecule has 0 amide bonds. The molecule has 0 aliphatic carbocycles. The number of nitrogens with zero attached hydrogens (tertiary/aromatic N) is 5. The Bertz CT molecular complexity index is 1060. The van der Waals surface area contributed by atoms with Gasteiger partial charge in [-0.1, -0.05) is 30.3 Å². The molecule has 0 N–H and O–H groups in total. The smallest absolute Gasteiger partial charge is 0.155 e. The van der Waals surface area contributed by atoms with Gasteiger partial charge in [0.15, 0.2) is 5.65 Å². The molecule has 4 heterocycles. The van der Waals surface area contributed by atoms with E-state index in [4.69, 9.17) is 5.10 Å². The molecule has 4 aromatic rings. The average Bonchev–Trinajstić information content (AvgIpc) is 3.20. The van der Waals surface area contributed by atoms with Crippen LogP contribution >= 0.6 is 0 Å². The Morgan fingerprint density at radius 1 is 0.964 bits per heavy atom. The van der Waals surface area contributed by atoms with Crippen molar-refractivity contribution in [2.24, 2.45) is 0 Å². The SMILES string of the molecule is c1ccc(CN2CCCC(c3ccnc4cc(-c5ccncc5)nn34)C2)cc1. The van der Waals surface area contributed by atoms with Gasteiger partial charge in [-0.2, -0.15) is 5.10 Å². The summed E-state index contributed by atoms with van der Waals surface area (Å²) in [5.41, 5.74) is 5.55. The maximum atomic E-state index is 4.88. The van der Waals surface area contributed by atoms with Crippen LogP contribution in [0.5, 0.6) is 0 Å². The van der Waals surface area contributed by atoms with Crippen LogP contribution in [0.25, 0.3) is 16.9 Å². The summed E-state index contributed by atoms with van der Waals surface area (Å²) < 4.78 is 2.03. The second-order valence-electron chi connectivity index (χ2n) is 7.47. The third kappa shape index (κ3) is 3.41. The zero-order valence-electron chi connectivity index (χ0n) is 15.8. The Morgan fingerprint density at radius 3 is 2.68 bits per heavy atom. The van der Waals surface area contributed by atoms with Crippen molar-refractivity contribution >= 4 is 5.65 Å². The van der Waals surface area contributed by atoms with E-state index < -0.39 is 0 Å². The molecule has 0 saturated carbocycles. The zero-order valence-corrected chi connectivity index (χ0v) is 15.8. The number of rotatable bonds is 4. The van der Waals surface area contributed by atoms with Crippen LogP contribution in [-0.2, 0) is 6.54 Å². The molecular formula is C23H23N5. The van der Waals surface area contributed by atoms with E-state index in [1.165, 1.54) is 24.1 Å². The molecule has 1 aliphatic heterocycles. The normalized spacial score (nSPS) is 17.8. The number of benzene rings is 1. The second kappa shape index (κ2) is 7.52. The van der Waals surface area contributed by atoms with Crippen LogP contribution in [0.2, 0.25) is 0 Å². The van der Waals surface area contributed by atoms with Crippen molar-refractivity contribution < 1.29 is 0 Å². The van der Waals surface area contributed by atoms with Gasteiger partial charge in [0.25, 0.3) is 0 Å². The van der Waals surface area contributed by atoms with Crippen LogP contribution in [0.4, 0.5) is 0 Å². The first-order chi connectivity index (χ1) is 13.9. The number of hydrogen-bond donors (Lipinski definition) is 0. The minimum atomic E-state index is 0.466. The van der Waals surface area contributed by atoms with Crippen molar-refractivity contribution in [3.63, 3.8) is 0 Å². The van der Waals surface area contributed by atoms with Crippen LogP contribution in [0.3, 0.4) is 0 Å². The first-order valence-corrected chi connectivity index (χ1v) is 9.88. The molecule has 5 nitrogen and oxygen atoms in total. The Hall–Kier alpha value is -3.05. The van der Waals surface area contributed by atoms with Crippen LogP contribution in [0, 0.1) is 0 Å². The third-order valence-corrected chi connectivity index (χ3v) is 5.54. The highest BCUT2D eigenvalue weighted by Gasteiger charge is 2.24. The van der Waals surface area contributed by atoms with Crippen LogP contribution < -0.4 is 0 Å². The maximum absolute atomic E-state index is 4.88. The lowest BCUT2D eigenvalue weighted by Gasteiger charge is -2.33. The van der Waals surface area contributed by atoms with Gasteiger partial charge in [-0.05, 0) is 43.1 Å². The molecule has 5 heteroatoms. The minimum Gasteiger partial charge on any atom is -0.298 e. The topological polar surface area (TPSA) is 46.3 Å². The van der Waals surface area contributed by atoms with Crippen molar-refractivity contribution in [3.05, 3.63) is 84.4 Å². The number of fused-ring (bicyclic) bond motifs is 1. The average molecular weight is 369 g/mol. The van der Waals surface area contributed by atoms with E-state index in [9.17, 15) is 0 Å². The Morgan fingerprint density at radius 2 is 1.82 bits per heavy atom. The molecule has 28 heavy (non-hydrogen) atoms. The summed E-state index contributed by atoms with van der Waals surface area (Å²) in [5.74, 6) is 0.466. The quantitative estimate of drug-likeness (QED) is 0.542. The Balaban J connectivity index is 1.43. The predicted octanol–water partition coefficient (Wildman–Crippen LogP) is 4.17. The Kier molecular flexibility index (Phi) is 4.59. The fourth-order valence-electron chi connectivity index (χ4n) is 4.17. The van der Waals surface area contributed by atoms with Gasteiger partial charge in [0.1, 0.15) is 0 Å². The molecule has 1 aliphatic rings. The number of likely N-dealkylation sites (tertiary alicyclic amines) is 1. The largest absolute Gasteiger partial charge is 0.298 e. The molecule has 1 unspecified atom stereocenters. The first kappa shape index (κ1) is 17.1. The van der Waals surface area contributed by atoms with Crippen molar-refractivity contribution in [2.75, 3.05) is 13.1 Å². The monoisotopic (exact) mass is 369 g/mol. The molecule has 1 atom stereocenters. The van der Waals surface area contributed by atoms with Gasteiger partial charge in [-0.3, -0.25) is 9.88 Å². The van der Waals surface area contributed by atoms with Crippen molar-refractivity contribution in [3.8, 4) is 11.3 Å². The molecular weight excluding hydrogens is 346 g/mol. The standard InChI is InChI=1S/C23H23N5/c1-2-5-18(6-3-1)16-27-14-4-7-20(17-27)22-10-13-25-23-15-21(26-28(22)23)19-8-11-24-12-9-19/h1-3,5-6,8-13,15,20H,4,7,14,16-17H2. The lowest BCUT2D eigenvalue weighted by molar-refractivity contribution is 0.197. The van der Waals surface area contributed by atoms with Crippen molar-refractivity contribution in [1.82, 2.24) is 24.5 Å². The summed E-state index contributed by atoms with van der Waals surface area (Å²) in [6.07, 6.45) is 7.92. The van der Waals surface area contributed by atoms with Gasteiger partial charge in [0.2, 0.25) is 0 Å². The van der Waals surface area contributed by atoms with E-state index in [1.807, 2.05) is 22.8 Å². The maximum Gasteiger partial charge on any atom is 0.155 e. The number of piperidine rings is 1. The summed E-state index contributed by atoms with van der Waals surface area (Å²) in [6.45, 7) is 3.21. The van der Waals surface area contributed by atoms with Gasteiger partial charge >= 0.3 is 0 Å². The van der Waals surface area contributed by atoms with Gasteiger partial charge in [-0.25, -0.2) is 9.50 Å². The molecule has 3 aromatic heterocycles. The molecule has 1 aromatic carbocycles. The molecule has 1 saturated heterocycles. The third-order valence-electron chi connectivity index (χ3n) is 5.54. The first-order valence-electron chi connectivity index (χ1n) is 9.88. The van der Waals surface area contributed by atoms with Crippen LogP contribution in [-0.4, -0.2) is 37.6 Å². The molecule has 140 valence electrons. The summed E-state index contributed by atoms with van der Waals surface area (Å²) in [4.78, 5) is 11.2. The highest BCUT2D eigenvalue weighted by Crippen LogP contribution is 2.29. The number of hydrogen-bond acceptors (Lipinski definition) is 4. The van der Waals surface area contributed by atoms with E-state index in [2.05, 4.69) is 57.3 Å². The van der Waals surface area contributed by atoms with Gasteiger partial charge in [0, 0.05) is 49.2 Å². The van der Waals surface area contributed by atoms with E-state index in [0.717, 1.165) is 36.5 Å². The van der Waals surface area contributed by atoms with Crippen LogP contribution in [0.1, 0.15) is 30.0 Å². The highest BCUT2D eigenvalue weighted by molar-refractivity contribution is 5.63. The second-order valence-corrected chi connectivity index (χ2v) is 7.47. The summed E-state index contributed by atoms with van der Waals surface area (Å²) in [7, 11) is 0. The highest BCUT2D eigenvalue weighted by atomic mass is 15.3. The van der Waals surface area contributed by atoms with Gasteiger partial charge < -0.3 is 0 Å². The molecule has 5 rings (SSSR count). The summed E-state index contributed by atoms with van der Waals surface area (Å²) >= 11 is 0. The fraction of sp³-hybridized carbons (Fsp3) is 0.261. The predicted molar refractivity (Wildman–Crippen MR) is 110 cm³/mol. The molecule has 0 bridgehead atoms. The summed E-state index contributed by atoms with van der Waals surface area (Å²) in [5, 5.41) is 4.88. The lowest BCUT2D eigenvalue weighted by atomic mass is 9.94. The number of pyridine rings is 1. The minimum absolute atomic E-state index is 0.466. The summed E-state index contributed by atoms with van der Waals surface area (Å²) in [6, 6.07) is 18.9. The van der Waals surface area contributed by atoms with E-state index in [0.29, 0.717) is 5.92 Å². The van der Waals surface area contributed by atoms with E-state index in [-0.39, 0.29) is 0 Å². The Labute approximate surface area is 164 Å². The molecule has 0 spiro atoms. The zero-order chi connectivity index (χ0) is 18.8. The van der Waals surface area contributed by atoms with Gasteiger partial charge in [-0.15, -0.1) is 0 Å².